The highest BCUT2D eigenvalue weighted by Gasteiger charge is 2.13. The van der Waals surface area contributed by atoms with E-state index in [4.69, 9.17) is 13.9 Å². The summed E-state index contributed by atoms with van der Waals surface area (Å²) in [6.45, 7) is 2.05. The minimum Gasteiger partial charge on any atom is -0.493 e. The Hall–Kier alpha value is -3.28. The van der Waals surface area contributed by atoms with Crippen LogP contribution in [0.2, 0.25) is 0 Å². The average molecular weight is 338 g/mol. The van der Waals surface area contributed by atoms with Crippen LogP contribution in [0.15, 0.2) is 59.0 Å². The molecule has 6 heteroatoms. The summed E-state index contributed by atoms with van der Waals surface area (Å²) in [5, 5.41) is 2.70. The number of pyridine rings is 1. The minimum absolute atomic E-state index is 0.191. The molecule has 0 aliphatic heterocycles. The molecule has 0 saturated heterocycles. The van der Waals surface area contributed by atoms with E-state index in [1.807, 2.05) is 37.3 Å². The number of hydrogen-bond acceptors (Lipinski definition) is 5. The molecule has 0 unspecified atom stereocenters. The number of amides is 1. The number of furan rings is 1. The van der Waals surface area contributed by atoms with Gasteiger partial charge >= 0.3 is 0 Å². The molecule has 0 saturated carbocycles. The van der Waals surface area contributed by atoms with E-state index in [2.05, 4.69) is 10.3 Å². The van der Waals surface area contributed by atoms with Crippen molar-refractivity contribution < 1.29 is 18.7 Å². The topological polar surface area (TPSA) is 73.6 Å². The standard InChI is InChI=1S/C19H18N2O4/c1-13-6-5-9-18(20-13)21-19(22)17-11-10-14(25-17)12-24-16-8-4-3-7-15(16)23-2/h3-11H,12H2,1-2H3,(H,20,21,22). The van der Waals surface area contributed by atoms with Crippen LogP contribution in [0, 0.1) is 6.92 Å². The second-order valence-electron chi connectivity index (χ2n) is 5.32. The first-order chi connectivity index (χ1) is 12.2. The van der Waals surface area contributed by atoms with Gasteiger partial charge in [-0.25, -0.2) is 4.98 Å². The third-order valence-electron chi connectivity index (χ3n) is 3.45. The number of aryl methyl sites for hydroxylation is 1. The molecule has 3 rings (SSSR count). The van der Waals surface area contributed by atoms with Crippen LogP contribution < -0.4 is 14.8 Å². The maximum Gasteiger partial charge on any atom is 0.292 e. The molecule has 6 nitrogen and oxygen atoms in total. The van der Waals surface area contributed by atoms with Crippen molar-refractivity contribution in [3.8, 4) is 11.5 Å². The van der Waals surface area contributed by atoms with E-state index in [1.54, 1.807) is 31.4 Å². The summed E-state index contributed by atoms with van der Waals surface area (Å²) in [7, 11) is 1.58. The number of ether oxygens (including phenoxy) is 2. The van der Waals surface area contributed by atoms with Crippen LogP contribution in [0.25, 0.3) is 0 Å². The van der Waals surface area contributed by atoms with Crippen LogP contribution in [0.5, 0.6) is 11.5 Å². The summed E-state index contributed by atoms with van der Waals surface area (Å²) in [4.78, 5) is 16.4. The van der Waals surface area contributed by atoms with Crippen LogP contribution in [0.3, 0.4) is 0 Å². The summed E-state index contributed by atoms with van der Waals surface area (Å²) >= 11 is 0. The number of carbonyl (C=O) groups is 1. The van der Waals surface area contributed by atoms with Gasteiger partial charge in [0.25, 0.3) is 5.91 Å². The van der Waals surface area contributed by atoms with Gasteiger partial charge in [0.2, 0.25) is 0 Å². The minimum atomic E-state index is -0.360. The van der Waals surface area contributed by atoms with Crippen LogP contribution in [0.1, 0.15) is 22.0 Å². The predicted octanol–water partition coefficient (Wildman–Crippen LogP) is 3.82. The smallest absolute Gasteiger partial charge is 0.292 e. The fourth-order valence-electron chi connectivity index (χ4n) is 2.26. The zero-order chi connectivity index (χ0) is 17.6. The Kier molecular flexibility index (Phi) is 4.99. The van der Waals surface area contributed by atoms with Gasteiger partial charge in [-0.2, -0.15) is 0 Å². The normalized spacial score (nSPS) is 10.3. The molecule has 0 radical (unpaired) electrons. The van der Waals surface area contributed by atoms with Gasteiger partial charge in [0.05, 0.1) is 7.11 Å². The number of nitrogens with one attached hydrogen (secondary N) is 1. The number of anilines is 1. The van der Waals surface area contributed by atoms with Gasteiger partial charge in [0, 0.05) is 5.69 Å². The number of benzene rings is 1. The third-order valence-corrected chi connectivity index (χ3v) is 3.45. The van der Waals surface area contributed by atoms with Gasteiger partial charge in [0.15, 0.2) is 17.3 Å². The lowest BCUT2D eigenvalue weighted by Gasteiger charge is -2.08. The van der Waals surface area contributed by atoms with Crippen molar-refractivity contribution in [2.45, 2.75) is 13.5 Å². The van der Waals surface area contributed by atoms with Crippen molar-refractivity contribution in [1.82, 2.24) is 4.98 Å². The van der Waals surface area contributed by atoms with E-state index in [9.17, 15) is 4.79 Å². The highest BCUT2D eigenvalue weighted by Crippen LogP contribution is 2.26. The molecule has 0 bridgehead atoms. The van der Waals surface area contributed by atoms with E-state index >= 15 is 0 Å². The Morgan fingerprint density at radius 2 is 1.88 bits per heavy atom. The molecule has 25 heavy (non-hydrogen) atoms. The number of methoxy groups -OCH3 is 1. The van der Waals surface area contributed by atoms with E-state index < -0.39 is 0 Å². The molecule has 0 aliphatic carbocycles. The van der Waals surface area contributed by atoms with E-state index in [0.29, 0.717) is 23.1 Å². The SMILES string of the molecule is COc1ccccc1OCc1ccc(C(=O)Nc2cccc(C)n2)o1. The summed E-state index contributed by atoms with van der Waals surface area (Å²) in [6.07, 6.45) is 0. The molecule has 1 amide bonds. The van der Waals surface area contributed by atoms with E-state index in [0.717, 1.165) is 5.69 Å². The Morgan fingerprint density at radius 1 is 1.08 bits per heavy atom. The van der Waals surface area contributed by atoms with Crippen molar-refractivity contribution in [1.29, 1.82) is 0 Å². The first-order valence-corrected chi connectivity index (χ1v) is 7.75. The van der Waals surface area contributed by atoms with Crippen LogP contribution in [-0.4, -0.2) is 18.0 Å². The monoisotopic (exact) mass is 338 g/mol. The van der Waals surface area contributed by atoms with Gasteiger partial charge < -0.3 is 19.2 Å². The second-order valence-corrected chi connectivity index (χ2v) is 5.32. The Labute approximate surface area is 145 Å². The average Bonchev–Trinajstić information content (AvgIpc) is 3.09. The second kappa shape index (κ2) is 7.53. The molecule has 1 N–H and O–H groups in total. The van der Waals surface area contributed by atoms with Gasteiger partial charge in [-0.3, -0.25) is 4.79 Å². The lowest BCUT2D eigenvalue weighted by atomic mass is 10.3. The summed E-state index contributed by atoms with van der Waals surface area (Å²) in [6, 6.07) is 16.0. The predicted molar refractivity (Wildman–Crippen MR) is 93.0 cm³/mol. The largest absolute Gasteiger partial charge is 0.493 e. The number of aromatic nitrogens is 1. The molecule has 0 aliphatic rings. The number of rotatable bonds is 6. The molecular formula is C19H18N2O4. The fourth-order valence-corrected chi connectivity index (χ4v) is 2.26. The molecule has 0 spiro atoms. The Balaban J connectivity index is 1.63. The molecular weight excluding hydrogens is 320 g/mol. The van der Waals surface area contributed by atoms with Gasteiger partial charge in [-0.05, 0) is 43.3 Å². The quantitative estimate of drug-likeness (QED) is 0.739. The van der Waals surface area contributed by atoms with Crippen LogP contribution in [-0.2, 0) is 6.61 Å². The number of para-hydroxylation sites is 2. The van der Waals surface area contributed by atoms with Crippen molar-refractivity contribution in [3.05, 3.63) is 71.8 Å². The zero-order valence-electron chi connectivity index (χ0n) is 14.0. The maximum atomic E-state index is 12.2. The van der Waals surface area contributed by atoms with E-state index in [1.165, 1.54) is 0 Å². The molecule has 2 heterocycles. The number of nitrogens with zero attached hydrogens (tertiary/aromatic N) is 1. The highest BCUT2D eigenvalue weighted by molar-refractivity contribution is 6.01. The summed E-state index contributed by atoms with van der Waals surface area (Å²) in [5.74, 6) is 2.10. The lowest BCUT2D eigenvalue weighted by Crippen LogP contribution is -2.12. The van der Waals surface area contributed by atoms with E-state index in [-0.39, 0.29) is 18.3 Å². The van der Waals surface area contributed by atoms with Crippen molar-refractivity contribution in [2.24, 2.45) is 0 Å². The molecule has 0 atom stereocenters. The molecule has 128 valence electrons. The highest BCUT2D eigenvalue weighted by atomic mass is 16.5. The molecule has 3 aromatic rings. The Morgan fingerprint density at radius 3 is 2.64 bits per heavy atom. The van der Waals surface area contributed by atoms with Gasteiger partial charge in [0.1, 0.15) is 18.2 Å². The molecule has 2 aromatic heterocycles. The first-order valence-electron chi connectivity index (χ1n) is 7.75. The Bertz CT molecular complexity index is 873. The van der Waals surface area contributed by atoms with Gasteiger partial charge in [-0.15, -0.1) is 0 Å². The van der Waals surface area contributed by atoms with Crippen molar-refractivity contribution >= 4 is 11.7 Å². The van der Waals surface area contributed by atoms with Crippen molar-refractivity contribution in [3.63, 3.8) is 0 Å². The van der Waals surface area contributed by atoms with Crippen molar-refractivity contribution in [2.75, 3.05) is 12.4 Å². The molecule has 1 aromatic carbocycles. The van der Waals surface area contributed by atoms with Gasteiger partial charge in [-0.1, -0.05) is 18.2 Å². The number of carbonyl (C=O) groups excluding carboxylic acids is 1. The third kappa shape index (κ3) is 4.17. The number of hydrogen-bond donors (Lipinski definition) is 1. The van der Waals surface area contributed by atoms with Crippen LogP contribution >= 0.6 is 0 Å². The first kappa shape index (κ1) is 16.6. The van der Waals surface area contributed by atoms with Crippen LogP contribution in [0.4, 0.5) is 5.82 Å². The lowest BCUT2D eigenvalue weighted by molar-refractivity contribution is 0.0992. The zero-order valence-corrected chi connectivity index (χ0v) is 14.0. The molecule has 0 fully saturated rings. The maximum absolute atomic E-state index is 12.2. The summed E-state index contributed by atoms with van der Waals surface area (Å²) in [5.41, 5.74) is 0.822. The fraction of sp³-hybridized carbons (Fsp3) is 0.158. The summed E-state index contributed by atoms with van der Waals surface area (Å²) < 4.78 is 16.4.